The molecule has 0 spiro atoms. The van der Waals surface area contributed by atoms with Crippen LogP contribution in [0, 0.1) is 0 Å². The third kappa shape index (κ3) is 6.36. The van der Waals surface area contributed by atoms with Crippen LogP contribution in [0.1, 0.15) is 32.1 Å². The van der Waals surface area contributed by atoms with E-state index in [0.717, 1.165) is 11.1 Å². The van der Waals surface area contributed by atoms with Crippen LogP contribution in [0.3, 0.4) is 0 Å². The number of carbonyl (C=O) groups is 1. The highest BCUT2D eigenvalue weighted by Crippen LogP contribution is 2.31. The van der Waals surface area contributed by atoms with Gasteiger partial charge in [0.1, 0.15) is 17.3 Å². The molecule has 0 unspecified atom stereocenters. The van der Waals surface area contributed by atoms with Gasteiger partial charge in [0.15, 0.2) is 5.11 Å². The number of furan rings is 1. The Balaban J connectivity index is 1.62. The minimum Gasteiger partial charge on any atom is -0.506 e. The van der Waals surface area contributed by atoms with E-state index in [9.17, 15) is 9.90 Å². The molecule has 0 saturated carbocycles. The largest absolute Gasteiger partial charge is 0.506 e. The van der Waals surface area contributed by atoms with E-state index in [-0.39, 0.29) is 16.3 Å². The monoisotopic (exact) mass is 488 g/mol. The second kappa shape index (κ2) is 9.77. The maximum atomic E-state index is 12.2. The average Bonchev–Trinajstić information content (AvgIpc) is 3.15. The van der Waals surface area contributed by atoms with E-state index in [2.05, 4.69) is 31.4 Å². The van der Waals surface area contributed by atoms with Gasteiger partial charge in [0.05, 0.1) is 5.69 Å². The molecule has 0 bridgehead atoms. The van der Waals surface area contributed by atoms with Crippen LogP contribution >= 0.6 is 35.4 Å². The number of phenols is 1. The topological polar surface area (TPSA) is 74.5 Å². The third-order valence-electron chi connectivity index (χ3n) is 4.52. The molecule has 32 heavy (non-hydrogen) atoms. The molecule has 166 valence electrons. The van der Waals surface area contributed by atoms with Crippen molar-refractivity contribution < 1.29 is 14.3 Å². The molecule has 0 aliphatic rings. The highest BCUT2D eigenvalue weighted by Gasteiger charge is 2.16. The number of amides is 1. The van der Waals surface area contributed by atoms with Crippen LogP contribution in [-0.4, -0.2) is 16.1 Å². The second-order valence-corrected chi connectivity index (χ2v) is 9.40. The van der Waals surface area contributed by atoms with E-state index in [4.69, 9.17) is 39.8 Å². The smallest absolute Gasteiger partial charge is 0.250 e. The molecule has 8 heteroatoms. The number of aromatic hydroxyl groups is 1. The van der Waals surface area contributed by atoms with Crippen LogP contribution in [0.15, 0.2) is 59.0 Å². The summed E-state index contributed by atoms with van der Waals surface area (Å²) in [6.07, 6.45) is 2.82. The van der Waals surface area contributed by atoms with Crippen LogP contribution in [0.4, 0.5) is 5.69 Å². The van der Waals surface area contributed by atoms with Crippen molar-refractivity contribution in [1.29, 1.82) is 0 Å². The summed E-state index contributed by atoms with van der Waals surface area (Å²) in [5.41, 5.74) is 2.06. The van der Waals surface area contributed by atoms with Gasteiger partial charge in [-0.05, 0) is 71.7 Å². The molecule has 1 aromatic heterocycles. The number of phenolic OH excluding ortho intramolecular Hbond substituents is 1. The Morgan fingerprint density at radius 3 is 2.41 bits per heavy atom. The maximum absolute atomic E-state index is 12.2. The number of carbonyl (C=O) groups excluding carboxylic acids is 1. The van der Waals surface area contributed by atoms with Crippen molar-refractivity contribution in [3.8, 4) is 17.1 Å². The fourth-order valence-electron chi connectivity index (χ4n) is 2.86. The molecule has 5 nitrogen and oxygen atoms in total. The molecular formula is C24H22Cl2N2O3S. The number of anilines is 1. The van der Waals surface area contributed by atoms with E-state index < -0.39 is 5.91 Å². The molecule has 1 heterocycles. The van der Waals surface area contributed by atoms with Gasteiger partial charge in [-0.3, -0.25) is 10.1 Å². The Labute approximate surface area is 202 Å². The van der Waals surface area contributed by atoms with Crippen molar-refractivity contribution in [2.24, 2.45) is 0 Å². The van der Waals surface area contributed by atoms with Gasteiger partial charge in [0.25, 0.3) is 0 Å². The number of rotatable bonds is 4. The van der Waals surface area contributed by atoms with Gasteiger partial charge in [0, 0.05) is 21.7 Å². The Kier molecular flexibility index (Phi) is 7.29. The van der Waals surface area contributed by atoms with Crippen molar-refractivity contribution in [2.75, 3.05) is 5.32 Å². The van der Waals surface area contributed by atoms with Gasteiger partial charge in [-0.1, -0.05) is 50.0 Å². The summed E-state index contributed by atoms with van der Waals surface area (Å²) in [7, 11) is 0. The molecule has 0 radical (unpaired) electrons. The van der Waals surface area contributed by atoms with Gasteiger partial charge >= 0.3 is 0 Å². The lowest BCUT2D eigenvalue weighted by atomic mass is 9.87. The van der Waals surface area contributed by atoms with E-state index >= 15 is 0 Å². The van der Waals surface area contributed by atoms with Gasteiger partial charge in [-0.15, -0.1) is 0 Å². The first-order chi connectivity index (χ1) is 15.0. The molecule has 3 N–H and O–H groups in total. The fourth-order valence-corrected chi connectivity index (χ4v) is 3.60. The Bertz CT molecular complexity index is 1180. The molecule has 0 saturated heterocycles. The number of hydrogen-bond donors (Lipinski definition) is 3. The minimum absolute atomic E-state index is 0.0365. The highest BCUT2D eigenvalue weighted by atomic mass is 35.5. The van der Waals surface area contributed by atoms with Crippen molar-refractivity contribution in [3.05, 3.63) is 76.0 Å². The lowest BCUT2D eigenvalue weighted by Gasteiger charge is -2.20. The van der Waals surface area contributed by atoms with Crippen LogP contribution in [-0.2, 0) is 10.2 Å². The van der Waals surface area contributed by atoms with Gasteiger partial charge < -0.3 is 14.8 Å². The summed E-state index contributed by atoms with van der Waals surface area (Å²) >= 11 is 17.3. The number of benzene rings is 2. The first kappa shape index (κ1) is 23.9. The van der Waals surface area contributed by atoms with Gasteiger partial charge in [-0.25, -0.2) is 0 Å². The summed E-state index contributed by atoms with van der Waals surface area (Å²) in [5.74, 6) is 0.633. The number of nitrogens with one attached hydrogen (secondary N) is 2. The third-order valence-corrected chi connectivity index (χ3v) is 5.16. The normalized spacial score (nSPS) is 11.5. The average molecular weight is 489 g/mol. The zero-order valence-electron chi connectivity index (χ0n) is 17.7. The minimum atomic E-state index is -0.447. The van der Waals surface area contributed by atoms with Crippen LogP contribution < -0.4 is 10.6 Å². The lowest BCUT2D eigenvalue weighted by molar-refractivity contribution is -0.115. The van der Waals surface area contributed by atoms with Crippen molar-refractivity contribution in [3.63, 3.8) is 0 Å². The maximum Gasteiger partial charge on any atom is 0.250 e. The van der Waals surface area contributed by atoms with E-state index in [1.54, 1.807) is 42.5 Å². The summed E-state index contributed by atoms with van der Waals surface area (Å²) in [4.78, 5) is 12.2. The highest BCUT2D eigenvalue weighted by molar-refractivity contribution is 7.80. The molecule has 0 aliphatic carbocycles. The second-order valence-electron chi connectivity index (χ2n) is 8.12. The summed E-state index contributed by atoms with van der Waals surface area (Å²) in [6, 6.07) is 13.8. The molecule has 1 amide bonds. The van der Waals surface area contributed by atoms with Crippen molar-refractivity contribution in [2.45, 2.75) is 26.2 Å². The number of hydrogen-bond acceptors (Lipinski definition) is 4. The van der Waals surface area contributed by atoms with Gasteiger partial charge in [0.2, 0.25) is 5.91 Å². The number of thiocarbonyl (C=S) groups is 1. The van der Waals surface area contributed by atoms with Crippen LogP contribution in [0.25, 0.3) is 17.4 Å². The standard InChI is InChI=1S/C24H22Cl2N2O3S/c1-24(2,3)15-4-7-20(29)19(12-15)27-23(32)28-22(30)9-6-18-5-8-21(31-18)14-10-16(25)13-17(26)11-14/h4-13,29H,1-3H3,(H2,27,28,30,32)/b9-6+. The first-order valence-electron chi connectivity index (χ1n) is 9.71. The molecular weight excluding hydrogens is 467 g/mol. The Morgan fingerprint density at radius 1 is 1.06 bits per heavy atom. The van der Waals surface area contributed by atoms with E-state index in [1.165, 1.54) is 12.2 Å². The summed E-state index contributed by atoms with van der Waals surface area (Å²) in [5, 5.41) is 16.6. The molecule has 0 atom stereocenters. The predicted molar refractivity (Wildman–Crippen MR) is 134 cm³/mol. The molecule has 3 aromatic rings. The quantitative estimate of drug-likeness (QED) is 0.214. The van der Waals surface area contributed by atoms with E-state index in [0.29, 0.717) is 27.3 Å². The molecule has 0 aliphatic heterocycles. The van der Waals surface area contributed by atoms with Gasteiger partial charge in [-0.2, -0.15) is 0 Å². The zero-order chi connectivity index (χ0) is 23.5. The Morgan fingerprint density at radius 2 is 1.75 bits per heavy atom. The summed E-state index contributed by atoms with van der Waals surface area (Å²) in [6.45, 7) is 6.19. The van der Waals surface area contributed by atoms with Crippen LogP contribution in [0.5, 0.6) is 5.75 Å². The fraction of sp³-hybridized carbons (Fsp3) is 0.167. The number of halogens is 2. The van der Waals surface area contributed by atoms with Crippen molar-refractivity contribution in [1.82, 2.24) is 5.32 Å². The lowest BCUT2D eigenvalue weighted by Crippen LogP contribution is -2.32. The molecule has 3 rings (SSSR count). The van der Waals surface area contributed by atoms with Crippen LogP contribution in [0.2, 0.25) is 10.0 Å². The summed E-state index contributed by atoms with van der Waals surface area (Å²) < 4.78 is 5.73. The SMILES string of the molecule is CC(C)(C)c1ccc(O)c(NC(=S)NC(=O)/C=C/c2ccc(-c3cc(Cl)cc(Cl)c3)o2)c1. The molecule has 2 aromatic carbocycles. The zero-order valence-corrected chi connectivity index (χ0v) is 20.0. The predicted octanol–water partition coefficient (Wildman–Crippen LogP) is 6.78. The first-order valence-corrected chi connectivity index (χ1v) is 10.9. The molecule has 0 fully saturated rings. The van der Waals surface area contributed by atoms with E-state index in [1.807, 2.05) is 6.07 Å². The van der Waals surface area contributed by atoms with Crippen molar-refractivity contribution >= 4 is 58.2 Å². The Hall–Kier alpha value is -2.80.